The lowest BCUT2D eigenvalue weighted by atomic mass is 10.1. The lowest BCUT2D eigenvalue weighted by Crippen LogP contribution is -2.52. The second kappa shape index (κ2) is 11.0. The van der Waals surface area contributed by atoms with Crippen LogP contribution >= 0.6 is 0 Å². The molecule has 1 aliphatic rings. The van der Waals surface area contributed by atoms with Crippen LogP contribution in [0.1, 0.15) is 49.3 Å². The van der Waals surface area contributed by atoms with Crippen molar-refractivity contribution in [3.05, 3.63) is 65.2 Å². The fraction of sp³-hybridized carbons (Fsp3) is 0.462. The molecule has 2 aromatic carbocycles. The number of hydrogen-bond acceptors (Lipinski definition) is 4. The summed E-state index contributed by atoms with van der Waals surface area (Å²) >= 11 is 0. The van der Waals surface area contributed by atoms with E-state index in [0.29, 0.717) is 5.69 Å². The largest absolute Gasteiger partial charge is 0.352 e. The van der Waals surface area contributed by atoms with Crippen molar-refractivity contribution in [2.75, 3.05) is 17.1 Å². The molecule has 1 N–H and O–H groups in total. The molecule has 0 heterocycles. The highest BCUT2D eigenvalue weighted by molar-refractivity contribution is 7.92. The van der Waals surface area contributed by atoms with Gasteiger partial charge in [-0.15, -0.1) is 0 Å². The Morgan fingerprint density at radius 1 is 1.03 bits per heavy atom. The van der Waals surface area contributed by atoms with Gasteiger partial charge in [0.15, 0.2) is 0 Å². The first-order chi connectivity index (χ1) is 16.0. The number of nitrogens with one attached hydrogen (secondary N) is 1. The van der Waals surface area contributed by atoms with Gasteiger partial charge in [0.25, 0.3) is 0 Å². The molecule has 0 aromatic heterocycles. The predicted molar refractivity (Wildman–Crippen MR) is 135 cm³/mol. The molecule has 1 saturated carbocycles. The van der Waals surface area contributed by atoms with Crippen LogP contribution in [0.4, 0.5) is 5.69 Å². The van der Waals surface area contributed by atoms with E-state index in [0.717, 1.165) is 52.9 Å². The first-order valence-corrected chi connectivity index (χ1v) is 13.6. The second-order valence-electron chi connectivity index (χ2n) is 9.29. The van der Waals surface area contributed by atoms with Crippen molar-refractivity contribution in [3.8, 4) is 0 Å². The molecule has 0 spiro atoms. The Hall–Kier alpha value is -2.87. The first kappa shape index (κ1) is 25.7. The van der Waals surface area contributed by atoms with Gasteiger partial charge in [-0.3, -0.25) is 13.9 Å². The highest BCUT2D eigenvalue weighted by Gasteiger charge is 2.31. The van der Waals surface area contributed by atoms with E-state index >= 15 is 0 Å². The van der Waals surface area contributed by atoms with Gasteiger partial charge in [-0.1, -0.05) is 49.2 Å². The number of carbonyl (C=O) groups is 2. The molecular formula is C26H35N3O4S. The van der Waals surface area contributed by atoms with E-state index in [1.807, 2.05) is 50.2 Å². The van der Waals surface area contributed by atoms with Crippen molar-refractivity contribution in [3.63, 3.8) is 0 Å². The molecule has 2 amide bonds. The Kier molecular flexibility index (Phi) is 8.36. The maximum atomic E-state index is 13.6. The second-order valence-corrected chi connectivity index (χ2v) is 11.2. The third-order valence-electron chi connectivity index (χ3n) is 6.24. The molecule has 0 unspecified atom stereocenters. The van der Waals surface area contributed by atoms with Crippen LogP contribution in [0.3, 0.4) is 0 Å². The minimum atomic E-state index is -3.73. The van der Waals surface area contributed by atoms with Crippen LogP contribution < -0.4 is 9.62 Å². The molecule has 8 heteroatoms. The Morgan fingerprint density at radius 3 is 2.18 bits per heavy atom. The lowest BCUT2D eigenvalue weighted by molar-refractivity contribution is -0.139. The van der Waals surface area contributed by atoms with Gasteiger partial charge < -0.3 is 10.2 Å². The van der Waals surface area contributed by atoms with Gasteiger partial charge in [0.05, 0.1) is 11.9 Å². The maximum absolute atomic E-state index is 13.6. The number of sulfonamides is 1. The van der Waals surface area contributed by atoms with Crippen molar-refractivity contribution in [2.24, 2.45) is 0 Å². The normalized spacial score (nSPS) is 15.1. The fourth-order valence-corrected chi connectivity index (χ4v) is 5.30. The third kappa shape index (κ3) is 6.82. The summed E-state index contributed by atoms with van der Waals surface area (Å²) in [4.78, 5) is 28.1. The summed E-state index contributed by atoms with van der Waals surface area (Å²) in [6.45, 7) is 5.30. The van der Waals surface area contributed by atoms with Crippen LogP contribution in [0.15, 0.2) is 48.5 Å². The van der Waals surface area contributed by atoms with E-state index in [2.05, 4.69) is 5.32 Å². The Bertz CT molecular complexity index is 1090. The van der Waals surface area contributed by atoms with Crippen LogP contribution in [-0.4, -0.2) is 50.0 Å². The SMILES string of the molecule is Cc1cc(C)cc(N(CC(=O)N(Cc2ccccc2)[C@@H](C)C(=O)NC2CCCC2)S(C)(=O)=O)c1. The topological polar surface area (TPSA) is 86.8 Å². The highest BCUT2D eigenvalue weighted by Crippen LogP contribution is 2.23. The minimum Gasteiger partial charge on any atom is -0.352 e. The zero-order chi connectivity index (χ0) is 24.9. The molecule has 34 heavy (non-hydrogen) atoms. The summed E-state index contributed by atoms with van der Waals surface area (Å²) in [5.74, 6) is -0.643. The lowest BCUT2D eigenvalue weighted by Gasteiger charge is -2.32. The van der Waals surface area contributed by atoms with Crippen molar-refractivity contribution in [1.29, 1.82) is 0 Å². The third-order valence-corrected chi connectivity index (χ3v) is 7.38. The van der Waals surface area contributed by atoms with Gasteiger partial charge >= 0.3 is 0 Å². The molecular weight excluding hydrogens is 450 g/mol. The number of nitrogens with zero attached hydrogens (tertiary/aromatic N) is 2. The van der Waals surface area contributed by atoms with Crippen LogP contribution in [0.2, 0.25) is 0 Å². The Morgan fingerprint density at radius 2 is 1.62 bits per heavy atom. The number of benzene rings is 2. The first-order valence-electron chi connectivity index (χ1n) is 11.7. The molecule has 1 aliphatic carbocycles. The van der Waals surface area contributed by atoms with Crippen molar-refractivity contribution < 1.29 is 18.0 Å². The summed E-state index contributed by atoms with van der Waals surface area (Å²) in [7, 11) is -3.73. The number of anilines is 1. The average Bonchev–Trinajstić information content (AvgIpc) is 3.27. The Labute approximate surface area is 203 Å². The summed E-state index contributed by atoms with van der Waals surface area (Å²) in [5, 5.41) is 3.07. The molecule has 2 aromatic rings. The van der Waals surface area contributed by atoms with Gasteiger partial charge in [-0.05, 0) is 62.4 Å². The van der Waals surface area contributed by atoms with E-state index in [1.165, 1.54) is 4.90 Å². The van der Waals surface area contributed by atoms with E-state index in [-0.39, 0.29) is 25.0 Å². The fourth-order valence-electron chi connectivity index (χ4n) is 4.46. The van der Waals surface area contributed by atoms with Gasteiger partial charge in [-0.2, -0.15) is 0 Å². The summed E-state index contributed by atoms with van der Waals surface area (Å²) in [6.07, 6.45) is 5.16. The van der Waals surface area contributed by atoms with E-state index in [4.69, 9.17) is 0 Å². The summed E-state index contributed by atoms with van der Waals surface area (Å²) in [6, 6.07) is 14.2. The number of aryl methyl sites for hydroxylation is 2. The molecule has 0 aliphatic heterocycles. The van der Waals surface area contributed by atoms with Gasteiger partial charge in [0.2, 0.25) is 21.8 Å². The van der Waals surface area contributed by atoms with E-state index < -0.39 is 22.0 Å². The number of rotatable bonds is 9. The van der Waals surface area contributed by atoms with Crippen molar-refractivity contribution in [2.45, 2.75) is 65.1 Å². The number of amides is 2. The zero-order valence-corrected chi connectivity index (χ0v) is 21.3. The molecule has 1 atom stereocenters. The molecule has 0 radical (unpaired) electrons. The van der Waals surface area contributed by atoms with Crippen molar-refractivity contribution >= 4 is 27.5 Å². The van der Waals surface area contributed by atoms with Crippen LogP contribution in [0, 0.1) is 13.8 Å². The van der Waals surface area contributed by atoms with Crippen LogP contribution in [-0.2, 0) is 26.2 Å². The molecule has 1 fully saturated rings. The molecule has 0 bridgehead atoms. The molecule has 184 valence electrons. The average molecular weight is 486 g/mol. The molecule has 7 nitrogen and oxygen atoms in total. The molecule has 0 saturated heterocycles. The van der Waals surface area contributed by atoms with Crippen molar-refractivity contribution in [1.82, 2.24) is 10.2 Å². The highest BCUT2D eigenvalue weighted by atomic mass is 32.2. The zero-order valence-electron chi connectivity index (χ0n) is 20.5. The monoisotopic (exact) mass is 485 g/mol. The number of carbonyl (C=O) groups excluding carboxylic acids is 2. The smallest absolute Gasteiger partial charge is 0.244 e. The standard InChI is InChI=1S/C26H35N3O4S/c1-19-14-20(2)16-24(15-19)29(34(4,32)33)18-25(30)28(17-22-10-6-5-7-11-22)21(3)26(31)27-23-12-8-9-13-23/h5-7,10-11,14-16,21,23H,8-9,12-13,17-18H2,1-4H3,(H,27,31)/t21-/m0/s1. The minimum absolute atomic E-state index is 0.131. The summed E-state index contributed by atoms with van der Waals surface area (Å²) in [5.41, 5.74) is 3.12. The van der Waals surface area contributed by atoms with Gasteiger partial charge in [0, 0.05) is 12.6 Å². The van der Waals surface area contributed by atoms with Gasteiger partial charge in [0.1, 0.15) is 12.6 Å². The van der Waals surface area contributed by atoms with E-state index in [9.17, 15) is 18.0 Å². The Balaban J connectivity index is 1.88. The summed E-state index contributed by atoms with van der Waals surface area (Å²) < 4.78 is 26.5. The van der Waals surface area contributed by atoms with Crippen LogP contribution in [0.25, 0.3) is 0 Å². The predicted octanol–water partition coefficient (Wildman–Crippen LogP) is 3.55. The molecule has 3 rings (SSSR count). The quantitative estimate of drug-likeness (QED) is 0.589. The van der Waals surface area contributed by atoms with Crippen LogP contribution in [0.5, 0.6) is 0 Å². The maximum Gasteiger partial charge on any atom is 0.244 e. The number of hydrogen-bond donors (Lipinski definition) is 1. The van der Waals surface area contributed by atoms with Gasteiger partial charge in [-0.25, -0.2) is 8.42 Å². The van der Waals surface area contributed by atoms with E-state index in [1.54, 1.807) is 19.1 Å².